The van der Waals surface area contributed by atoms with Crippen LogP contribution in [-0.4, -0.2) is 70.2 Å². The van der Waals surface area contributed by atoms with Gasteiger partial charge in [-0.15, -0.1) is 0 Å². The van der Waals surface area contributed by atoms with Crippen LogP contribution in [0.1, 0.15) is 33.6 Å². The SMILES string of the molecule is CN1C(=O)c2cccc(NC(=O)C3CCN(S(=O)(=O)c4cccc(S(C)(=O)=O)c4)CC3)c2C1=O. The number of piperidine rings is 1. The molecule has 2 aliphatic rings. The molecule has 12 heteroatoms. The van der Waals surface area contributed by atoms with E-state index in [0.29, 0.717) is 0 Å². The monoisotopic (exact) mass is 505 g/mol. The highest BCUT2D eigenvalue weighted by atomic mass is 32.2. The number of carbonyl (C=O) groups is 3. The first-order chi connectivity index (χ1) is 15.9. The third-order valence-electron chi connectivity index (χ3n) is 6.07. The molecule has 1 N–H and O–H groups in total. The second-order valence-corrected chi connectivity index (χ2v) is 12.3. The van der Waals surface area contributed by atoms with E-state index in [9.17, 15) is 31.2 Å². The maximum Gasteiger partial charge on any atom is 0.263 e. The number of rotatable bonds is 5. The van der Waals surface area contributed by atoms with Crippen molar-refractivity contribution in [1.29, 1.82) is 0 Å². The van der Waals surface area contributed by atoms with Crippen molar-refractivity contribution in [1.82, 2.24) is 9.21 Å². The van der Waals surface area contributed by atoms with Crippen LogP contribution >= 0.6 is 0 Å². The molecule has 2 heterocycles. The number of anilines is 1. The topological polar surface area (TPSA) is 138 Å². The number of carbonyl (C=O) groups excluding carboxylic acids is 3. The lowest BCUT2D eigenvalue weighted by molar-refractivity contribution is -0.120. The lowest BCUT2D eigenvalue weighted by Crippen LogP contribution is -2.41. The minimum Gasteiger partial charge on any atom is -0.325 e. The Balaban J connectivity index is 1.46. The van der Waals surface area contributed by atoms with Gasteiger partial charge in [0.2, 0.25) is 15.9 Å². The number of hydrogen-bond donors (Lipinski definition) is 1. The van der Waals surface area contributed by atoms with Crippen molar-refractivity contribution in [2.45, 2.75) is 22.6 Å². The number of sulfone groups is 1. The number of nitrogens with zero attached hydrogens (tertiary/aromatic N) is 2. The normalized spacial score (nSPS) is 17.6. The molecular formula is C22H23N3O7S2. The van der Waals surface area contributed by atoms with E-state index in [-0.39, 0.29) is 58.4 Å². The summed E-state index contributed by atoms with van der Waals surface area (Å²) >= 11 is 0. The van der Waals surface area contributed by atoms with E-state index in [1.165, 1.54) is 35.6 Å². The molecule has 2 aliphatic heterocycles. The molecule has 4 rings (SSSR count). The summed E-state index contributed by atoms with van der Waals surface area (Å²) in [7, 11) is -6.12. The molecule has 0 bridgehead atoms. The molecule has 0 spiro atoms. The largest absolute Gasteiger partial charge is 0.325 e. The summed E-state index contributed by atoms with van der Waals surface area (Å²) in [5.74, 6) is -1.78. The van der Waals surface area contributed by atoms with Gasteiger partial charge in [0.1, 0.15) is 0 Å². The summed E-state index contributed by atoms with van der Waals surface area (Å²) in [6.07, 6.45) is 1.50. The van der Waals surface area contributed by atoms with Crippen LogP contribution in [0, 0.1) is 5.92 Å². The highest BCUT2D eigenvalue weighted by Gasteiger charge is 2.37. The molecule has 180 valence electrons. The van der Waals surface area contributed by atoms with Crippen molar-refractivity contribution in [3.8, 4) is 0 Å². The lowest BCUT2D eigenvalue weighted by Gasteiger charge is -2.30. The van der Waals surface area contributed by atoms with E-state index in [2.05, 4.69) is 5.32 Å². The number of imide groups is 1. The zero-order chi connectivity index (χ0) is 24.8. The molecule has 2 aromatic rings. The minimum absolute atomic E-state index is 0.0799. The van der Waals surface area contributed by atoms with Gasteiger partial charge in [-0.3, -0.25) is 19.3 Å². The Morgan fingerprint density at radius 1 is 0.941 bits per heavy atom. The Morgan fingerprint density at radius 3 is 2.21 bits per heavy atom. The maximum atomic E-state index is 13.0. The first kappa shape index (κ1) is 24.0. The minimum atomic E-state index is -3.93. The lowest BCUT2D eigenvalue weighted by atomic mass is 9.96. The van der Waals surface area contributed by atoms with E-state index in [0.717, 1.165) is 17.2 Å². The smallest absolute Gasteiger partial charge is 0.263 e. The molecular weight excluding hydrogens is 482 g/mol. The molecule has 1 fully saturated rings. The fourth-order valence-electron chi connectivity index (χ4n) is 4.11. The van der Waals surface area contributed by atoms with Crippen LogP contribution in [0.4, 0.5) is 5.69 Å². The van der Waals surface area contributed by atoms with Gasteiger partial charge in [0.05, 0.1) is 26.6 Å². The number of benzene rings is 2. The Kier molecular flexibility index (Phi) is 6.08. The number of fused-ring (bicyclic) bond motifs is 1. The van der Waals surface area contributed by atoms with Gasteiger partial charge < -0.3 is 5.32 Å². The Hall–Kier alpha value is -3.09. The maximum absolute atomic E-state index is 13.0. The average Bonchev–Trinajstić information content (AvgIpc) is 3.03. The molecule has 0 saturated carbocycles. The van der Waals surface area contributed by atoms with E-state index >= 15 is 0 Å². The van der Waals surface area contributed by atoms with Crippen LogP contribution in [0.25, 0.3) is 0 Å². The molecule has 34 heavy (non-hydrogen) atoms. The van der Waals surface area contributed by atoms with Gasteiger partial charge in [-0.1, -0.05) is 12.1 Å². The molecule has 0 atom stereocenters. The molecule has 10 nitrogen and oxygen atoms in total. The average molecular weight is 506 g/mol. The van der Waals surface area contributed by atoms with Crippen LogP contribution in [0.5, 0.6) is 0 Å². The van der Waals surface area contributed by atoms with Gasteiger partial charge in [0, 0.05) is 32.3 Å². The van der Waals surface area contributed by atoms with Crippen molar-refractivity contribution in [2.75, 3.05) is 31.7 Å². The number of hydrogen-bond acceptors (Lipinski definition) is 7. The summed E-state index contributed by atoms with van der Waals surface area (Å²) in [6.45, 7) is 0.160. The van der Waals surface area contributed by atoms with Crippen LogP contribution in [0.15, 0.2) is 52.3 Å². The molecule has 0 radical (unpaired) electrons. The Bertz CT molecular complexity index is 1410. The number of nitrogens with one attached hydrogen (secondary N) is 1. The van der Waals surface area contributed by atoms with Gasteiger partial charge >= 0.3 is 0 Å². The predicted molar refractivity (Wildman–Crippen MR) is 123 cm³/mol. The summed E-state index contributed by atoms with van der Waals surface area (Å²) < 4.78 is 50.8. The van der Waals surface area contributed by atoms with Gasteiger partial charge in [-0.25, -0.2) is 16.8 Å². The van der Waals surface area contributed by atoms with Gasteiger partial charge in [-0.05, 0) is 43.2 Å². The number of sulfonamides is 1. The standard InChI is InChI=1S/C22H23N3O7S2/c1-24-21(27)17-7-4-8-18(19(17)22(24)28)23-20(26)14-9-11-25(12-10-14)34(31,32)16-6-3-5-15(13-16)33(2,29)30/h3-8,13-14H,9-12H2,1-2H3,(H,23,26). The highest BCUT2D eigenvalue weighted by Crippen LogP contribution is 2.30. The summed E-state index contributed by atoms with van der Waals surface area (Å²) in [5.41, 5.74) is 0.620. The van der Waals surface area contributed by atoms with Gasteiger partial charge in [0.15, 0.2) is 9.84 Å². The van der Waals surface area contributed by atoms with E-state index in [1.807, 2.05) is 0 Å². The molecule has 3 amide bonds. The fourth-order valence-corrected chi connectivity index (χ4v) is 6.37. The molecule has 0 aromatic heterocycles. The zero-order valence-electron chi connectivity index (χ0n) is 18.5. The first-order valence-electron chi connectivity index (χ1n) is 10.5. The summed E-state index contributed by atoms with van der Waals surface area (Å²) in [5, 5.41) is 2.72. The van der Waals surface area contributed by atoms with Crippen LogP contribution < -0.4 is 5.32 Å². The molecule has 1 saturated heterocycles. The molecule has 2 aromatic carbocycles. The fraction of sp³-hybridized carbons (Fsp3) is 0.318. The van der Waals surface area contributed by atoms with E-state index in [1.54, 1.807) is 12.1 Å². The van der Waals surface area contributed by atoms with Crippen LogP contribution in [0.2, 0.25) is 0 Å². The van der Waals surface area contributed by atoms with E-state index in [4.69, 9.17) is 0 Å². The van der Waals surface area contributed by atoms with Crippen molar-refractivity contribution < 1.29 is 31.2 Å². The second-order valence-electron chi connectivity index (χ2n) is 8.31. The predicted octanol–water partition coefficient (Wildman–Crippen LogP) is 1.36. The van der Waals surface area contributed by atoms with Crippen molar-refractivity contribution in [3.05, 3.63) is 53.6 Å². The van der Waals surface area contributed by atoms with Crippen LogP contribution in [-0.2, 0) is 24.7 Å². The van der Waals surface area contributed by atoms with Crippen molar-refractivity contribution in [2.24, 2.45) is 5.92 Å². The van der Waals surface area contributed by atoms with Crippen molar-refractivity contribution in [3.63, 3.8) is 0 Å². The second kappa shape index (κ2) is 8.60. The Labute approximate surface area is 197 Å². The number of amides is 3. The van der Waals surface area contributed by atoms with Gasteiger partial charge in [0.25, 0.3) is 11.8 Å². The summed E-state index contributed by atoms with van der Waals surface area (Å²) in [6, 6.07) is 9.85. The third-order valence-corrected chi connectivity index (χ3v) is 9.08. The third kappa shape index (κ3) is 4.24. The summed E-state index contributed by atoms with van der Waals surface area (Å²) in [4.78, 5) is 38.2. The zero-order valence-corrected chi connectivity index (χ0v) is 20.1. The molecule has 0 aliphatic carbocycles. The van der Waals surface area contributed by atoms with E-state index < -0.39 is 37.6 Å². The highest BCUT2D eigenvalue weighted by molar-refractivity contribution is 7.91. The van der Waals surface area contributed by atoms with Crippen LogP contribution in [0.3, 0.4) is 0 Å². The first-order valence-corrected chi connectivity index (χ1v) is 13.8. The molecule has 0 unspecified atom stereocenters. The Morgan fingerprint density at radius 2 is 1.56 bits per heavy atom. The van der Waals surface area contributed by atoms with Gasteiger partial charge in [-0.2, -0.15) is 4.31 Å². The quantitative estimate of drug-likeness (QED) is 0.606. The van der Waals surface area contributed by atoms with Crippen molar-refractivity contribution >= 4 is 43.3 Å².